The Morgan fingerprint density at radius 2 is 2.57 bits per heavy atom. The van der Waals surface area contributed by atoms with E-state index in [1.807, 2.05) is 0 Å². The van der Waals surface area contributed by atoms with E-state index >= 15 is 0 Å². The molecule has 5 nitrogen and oxygen atoms in total. The van der Waals surface area contributed by atoms with Gasteiger partial charge in [-0.05, 0) is 0 Å². The number of rotatable bonds is 1. The molecule has 1 aromatic heterocycles. The first kappa shape index (κ1) is 3.91. The molecule has 0 unspecified atom stereocenters. The van der Waals surface area contributed by atoms with E-state index in [1.54, 1.807) is 0 Å². The first-order chi connectivity index (χ1) is 3.43. The predicted molar refractivity (Wildman–Crippen MR) is 21.2 cm³/mol. The first-order valence-electron chi connectivity index (χ1n) is 1.62. The van der Waals surface area contributed by atoms with Crippen LogP contribution in [0.2, 0.25) is 0 Å². The molecule has 1 rings (SSSR count). The maximum absolute atomic E-state index is 9.48. The Balaban J connectivity index is 2.96. The van der Waals surface area contributed by atoms with E-state index in [0.29, 0.717) is 0 Å². The van der Waals surface area contributed by atoms with E-state index in [2.05, 4.69) is 15.4 Å². The van der Waals surface area contributed by atoms with Crippen LogP contribution in [-0.2, 0) is 0 Å². The van der Waals surface area contributed by atoms with E-state index in [1.165, 1.54) is 12.7 Å². The van der Waals surface area contributed by atoms with Crippen molar-refractivity contribution in [3.05, 3.63) is 17.6 Å². The highest BCUT2D eigenvalue weighted by molar-refractivity contribution is 4.51. The molecule has 0 spiro atoms. The number of aromatic nitrogens is 3. The third-order valence-corrected chi connectivity index (χ3v) is 0.490. The van der Waals surface area contributed by atoms with E-state index in [0.717, 1.165) is 4.79 Å². The van der Waals surface area contributed by atoms with E-state index in [4.69, 9.17) is 0 Å². The van der Waals surface area contributed by atoms with Crippen molar-refractivity contribution < 1.29 is 0 Å². The fraction of sp³-hybridized carbons (Fsp3) is 0. The maximum atomic E-state index is 9.48. The van der Waals surface area contributed by atoms with Gasteiger partial charge in [0.15, 0.2) is 0 Å². The van der Waals surface area contributed by atoms with Gasteiger partial charge in [0.2, 0.25) is 0 Å². The summed E-state index contributed by atoms with van der Waals surface area (Å²) < 4.78 is 0. The topological polar surface area (TPSA) is 60.1 Å². The summed E-state index contributed by atoms with van der Waals surface area (Å²) in [5, 5.41) is 5.78. The minimum absolute atomic E-state index is 0.833. The summed E-state index contributed by atoms with van der Waals surface area (Å²) in [6.45, 7) is 0. The summed E-state index contributed by atoms with van der Waals surface area (Å²) >= 11 is 0. The molecule has 0 amide bonds. The van der Waals surface area contributed by atoms with E-state index < -0.39 is 0 Å². The van der Waals surface area contributed by atoms with Gasteiger partial charge in [-0.15, -0.1) is 14.8 Å². The molecule has 0 atom stereocenters. The molecular formula is C2H2N4O. The highest BCUT2D eigenvalue weighted by Gasteiger charge is 1.79. The van der Waals surface area contributed by atoms with Gasteiger partial charge in [-0.1, -0.05) is 0 Å². The standard InChI is InChI=1S/C2H2N4O/c7-5-6-2-3-1-4-6/h1-2H. The maximum Gasteiger partial charge on any atom is 0.143 e. The Labute approximate surface area is 38.9 Å². The lowest BCUT2D eigenvalue weighted by Crippen LogP contribution is -1.82. The monoisotopic (exact) mass is 98.0 g/mol. The number of hydrogen-bond donors (Lipinski definition) is 0. The number of nitrogens with zero attached hydrogens (tertiary/aromatic N) is 4. The van der Waals surface area contributed by atoms with Crippen LogP contribution in [-0.4, -0.2) is 14.9 Å². The Bertz CT molecular complexity index is 145. The van der Waals surface area contributed by atoms with Crippen LogP contribution in [0.5, 0.6) is 0 Å². The van der Waals surface area contributed by atoms with Crippen molar-refractivity contribution >= 4 is 0 Å². The van der Waals surface area contributed by atoms with Gasteiger partial charge in [0.25, 0.3) is 0 Å². The predicted octanol–water partition coefficient (Wildman–Crippen LogP) is -0.192. The number of nitroso groups, excluding NO2 is 1. The van der Waals surface area contributed by atoms with Crippen LogP contribution < -0.4 is 0 Å². The Hall–Kier alpha value is -1.26. The average molecular weight is 98.1 g/mol. The van der Waals surface area contributed by atoms with Gasteiger partial charge in [-0.25, -0.2) is 4.98 Å². The van der Waals surface area contributed by atoms with Crippen molar-refractivity contribution in [2.75, 3.05) is 0 Å². The highest BCUT2D eigenvalue weighted by atomic mass is 16.3. The van der Waals surface area contributed by atoms with Crippen LogP contribution in [0.25, 0.3) is 0 Å². The highest BCUT2D eigenvalue weighted by Crippen LogP contribution is 1.72. The van der Waals surface area contributed by atoms with Crippen LogP contribution >= 0.6 is 0 Å². The molecule has 0 saturated heterocycles. The second-order valence-corrected chi connectivity index (χ2v) is 0.898. The van der Waals surface area contributed by atoms with Crippen molar-refractivity contribution in [2.45, 2.75) is 0 Å². The van der Waals surface area contributed by atoms with Gasteiger partial charge in [-0.2, -0.15) is 0 Å². The largest absolute Gasteiger partial charge is 0.221 e. The van der Waals surface area contributed by atoms with Gasteiger partial charge in [0.05, 0.1) is 5.29 Å². The molecule has 0 fully saturated rings. The number of hydrogen-bond acceptors (Lipinski definition) is 4. The van der Waals surface area contributed by atoms with Crippen molar-refractivity contribution in [1.82, 2.24) is 14.9 Å². The molecule has 1 heterocycles. The second kappa shape index (κ2) is 1.46. The lowest BCUT2D eigenvalue weighted by atomic mass is 11.3. The SMILES string of the molecule is O=Nn1cncn1. The zero-order valence-electron chi connectivity index (χ0n) is 3.35. The molecule has 0 aliphatic rings. The Kier molecular flexibility index (Phi) is 0.816. The van der Waals surface area contributed by atoms with E-state index in [-0.39, 0.29) is 0 Å². The summed E-state index contributed by atoms with van der Waals surface area (Å²) in [5.41, 5.74) is 0. The molecule has 0 radical (unpaired) electrons. The van der Waals surface area contributed by atoms with Crippen molar-refractivity contribution in [1.29, 1.82) is 0 Å². The van der Waals surface area contributed by atoms with Crippen LogP contribution in [0.4, 0.5) is 0 Å². The summed E-state index contributed by atoms with van der Waals surface area (Å²) in [6, 6.07) is 0. The molecule has 7 heavy (non-hydrogen) atoms. The van der Waals surface area contributed by atoms with Crippen molar-refractivity contribution in [3.63, 3.8) is 0 Å². The summed E-state index contributed by atoms with van der Waals surface area (Å²) in [5.74, 6) is 0. The molecule has 0 N–H and O–H groups in total. The zero-order chi connectivity index (χ0) is 5.11. The van der Waals surface area contributed by atoms with Crippen LogP contribution in [0.1, 0.15) is 0 Å². The normalized spacial score (nSPS) is 8.57. The molecule has 0 aliphatic heterocycles. The molecule has 0 saturated carbocycles. The van der Waals surface area contributed by atoms with Crippen LogP contribution in [0.15, 0.2) is 17.9 Å². The van der Waals surface area contributed by atoms with Gasteiger partial charge in [0, 0.05) is 0 Å². The molecular weight excluding hydrogens is 96.0 g/mol. The first-order valence-corrected chi connectivity index (χ1v) is 1.62. The van der Waals surface area contributed by atoms with Crippen molar-refractivity contribution in [3.8, 4) is 0 Å². The van der Waals surface area contributed by atoms with E-state index in [9.17, 15) is 4.91 Å². The smallest absolute Gasteiger partial charge is 0.143 e. The van der Waals surface area contributed by atoms with Gasteiger partial charge >= 0.3 is 0 Å². The molecule has 0 bridgehead atoms. The van der Waals surface area contributed by atoms with Gasteiger partial charge in [0.1, 0.15) is 12.7 Å². The van der Waals surface area contributed by atoms with Crippen LogP contribution in [0.3, 0.4) is 0 Å². The lowest BCUT2D eigenvalue weighted by Gasteiger charge is -1.71. The molecule has 1 aromatic rings. The molecule has 0 aliphatic carbocycles. The quantitative estimate of drug-likeness (QED) is 0.457. The fourth-order valence-electron chi connectivity index (χ4n) is 0.244. The fourth-order valence-corrected chi connectivity index (χ4v) is 0.244. The van der Waals surface area contributed by atoms with Gasteiger partial charge < -0.3 is 0 Å². The summed E-state index contributed by atoms with van der Waals surface area (Å²) in [7, 11) is 0. The van der Waals surface area contributed by atoms with Crippen molar-refractivity contribution in [2.24, 2.45) is 5.29 Å². The minimum atomic E-state index is 0.833. The Morgan fingerprint density at radius 3 is 2.86 bits per heavy atom. The Morgan fingerprint density at radius 1 is 1.71 bits per heavy atom. The lowest BCUT2D eigenvalue weighted by molar-refractivity contribution is 0.731. The third kappa shape index (κ3) is 0.594. The minimum Gasteiger partial charge on any atom is -0.221 e. The zero-order valence-corrected chi connectivity index (χ0v) is 3.35. The third-order valence-electron chi connectivity index (χ3n) is 0.490. The molecule has 0 aromatic carbocycles. The summed E-state index contributed by atoms with van der Waals surface area (Å²) in [6.07, 6.45) is 2.45. The second-order valence-electron chi connectivity index (χ2n) is 0.898. The van der Waals surface area contributed by atoms with Crippen LogP contribution in [0, 0.1) is 4.91 Å². The summed E-state index contributed by atoms with van der Waals surface area (Å²) in [4.78, 5) is 13.8. The average Bonchev–Trinajstić information content (AvgIpc) is 2.14. The molecule has 5 heteroatoms. The van der Waals surface area contributed by atoms with Gasteiger partial charge in [-0.3, -0.25) is 0 Å². The molecule has 36 valence electrons.